The Balaban J connectivity index is 0.000000193. The molecule has 4 aromatic carbocycles. The molecule has 784 valence electrons. The van der Waals surface area contributed by atoms with Crippen molar-refractivity contribution in [3.63, 3.8) is 0 Å². The molecule has 4 aliphatic heterocycles. The van der Waals surface area contributed by atoms with Crippen LogP contribution in [0.25, 0.3) is 89.7 Å². The zero-order chi connectivity index (χ0) is 133. The minimum Gasteiger partial charge on any atom is -0.493 e. The number of hydrogen-bond acceptors (Lipinski definition) is 28. The van der Waals surface area contributed by atoms with Gasteiger partial charge in [-0.15, -0.1) is 0 Å². The Morgan fingerprint density at radius 1 is 0.361 bits per heavy atom. The van der Waals surface area contributed by atoms with Crippen molar-refractivity contribution in [2.24, 2.45) is 28.0 Å². The van der Waals surface area contributed by atoms with Crippen molar-refractivity contribution in [3.8, 4) is 68.5 Å². The number of ether oxygens (including phenoxy) is 4. The van der Waals surface area contributed by atoms with Crippen LogP contribution in [0.3, 0.4) is 0 Å². The molecule has 4 fully saturated rings. The molecular weight excluding hydrogens is 1920 g/mol. The molecule has 8 N–H and O–H groups in total. The van der Waals surface area contributed by atoms with Crippen molar-refractivity contribution in [2.45, 2.75) is 253 Å². The van der Waals surface area contributed by atoms with Gasteiger partial charge in [-0.25, -0.2) is 72.5 Å². The first-order valence-electron chi connectivity index (χ1n) is 64.1. The van der Waals surface area contributed by atoms with E-state index in [4.69, 9.17) is 65.6 Å². The quantitative estimate of drug-likeness (QED) is 0.0176. The van der Waals surface area contributed by atoms with Gasteiger partial charge in [0, 0.05) is 125 Å². The summed E-state index contributed by atoms with van der Waals surface area (Å²) < 4.78 is 413. The van der Waals surface area contributed by atoms with Gasteiger partial charge in [-0.2, -0.15) is 20.4 Å². The maximum absolute atomic E-state index is 13.5. The van der Waals surface area contributed by atoms with Crippen molar-refractivity contribution in [1.29, 1.82) is 0 Å². The number of aryl methyl sites for hydroxylation is 8. The summed E-state index contributed by atoms with van der Waals surface area (Å²) in [7, 11) is -14.5. The molecule has 0 spiro atoms. The molecule has 0 radical (unpaired) electrons. The molecule has 144 heavy (non-hydrogen) atoms. The van der Waals surface area contributed by atoms with Gasteiger partial charge >= 0.3 is 0 Å². The lowest BCUT2D eigenvalue weighted by Gasteiger charge is -2.19. The van der Waals surface area contributed by atoms with Crippen LogP contribution in [0, 0.1) is 0 Å². The van der Waals surface area contributed by atoms with Crippen molar-refractivity contribution < 1.29 is 99.2 Å². The highest BCUT2D eigenvalue weighted by Gasteiger charge is 2.32. The molecule has 16 rings (SSSR count). The summed E-state index contributed by atoms with van der Waals surface area (Å²) in [5.41, 5.74) is -5.67. The molecule has 12 aromatic rings. The maximum atomic E-state index is 13.5. The van der Waals surface area contributed by atoms with Gasteiger partial charge in [0.15, 0.2) is 22.1 Å². The molecule has 0 amide bonds. The normalized spacial score (nSPS) is 21.9. The number of sulfonamides is 4. The summed E-state index contributed by atoms with van der Waals surface area (Å²) in [6, 6.07) is 13.4. The predicted octanol–water partition coefficient (Wildman–Crippen LogP) is 11.3. The maximum Gasteiger partial charge on any atom is 0.277 e. The number of rotatable bonds is 44. The molecule has 0 aliphatic carbocycles. The van der Waals surface area contributed by atoms with Crippen LogP contribution in [-0.2, 0) is 93.7 Å². The monoisotopic (exact) mass is 2100 g/mol. The van der Waals surface area contributed by atoms with E-state index in [0.29, 0.717) is 112 Å². The van der Waals surface area contributed by atoms with E-state index in [-0.39, 0.29) is 204 Å². The standard InChI is InChI=1S/4C25H36N6O4S/c4*1-5-8-20-22-23(31(4)29-20)25(32)28-24(27-22)19-16-18(10-11-21(19)35-15-6-2)36(33,34)26-13-12-17-9-7-14-30(17)3/h4*10-11,16-17,26H,5-9,12-15H2,1-4H3,(H,27,28,32)/i3D3,5D2,8D2,13D2;3D3,5D2,8D2,13D;3D3,4D3,5D2,13D;3D3,4D3,5D2. The fourth-order valence-electron chi connectivity index (χ4n) is 16.6. The third-order valence-corrected chi connectivity index (χ3v) is 29.2. The van der Waals surface area contributed by atoms with Crippen molar-refractivity contribution in [1.82, 2.24) is 117 Å². The Kier molecular flexibility index (Phi) is 25.1. The van der Waals surface area contributed by atoms with Gasteiger partial charge < -0.3 is 58.5 Å². The third-order valence-electron chi connectivity index (χ3n) is 23.8. The molecule has 40 nitrogen and oxygen atoms in total. The topological polar surface area (TPSA) is 489 Å². The summed E-state index contributed by atoms with van der Waals surface area (Å²) in [6.07, 6.45) is -7.62. The molecule has 6 atom stereocenters. The number of aromatic nitrogens is 16. The number of nitrogens with zero attached hydrogens (tertiary/aromatic N) is 16. The first kappa shape index (κ1) is 72.3. The Labute approximate surface area is 890 Å². The van der Waals surface area contributed by atoms with E-state index in [2.05, 4.69) is 74.4 Å². The Bertz CT molecular complexity index is 8780. The predicted molar refractivity (Wildman–Crippen MR) is 559 cm³/mol. The number of nitrogens with one attached hydrogen (secondary N) is 8. The number of fused-ring (bicyclic) bond motifs is 4. The van der Waals surface area contributed by atoms with Crippen LogP contribution in [0.2, 0.25) is 0 Å². The van der Waals surface area contributed by atoms with Crippen LogP contribution in [0.4, 0.5) is 0 Å². The van der Waals surface area contributed by atoms with Crippen LogP contribution in [-0.4, -0.2) is 263 Å². The zero-order valence-corrected chi connectivity index (χ0v) is 84.6. The van der Waals surface area contributed by atoms with Gasteiger partial charge in [-0.05, 0) is 255 Å². The number of likely N-dealkylation sites (tertiary alicyclic amines) is 4. The molecular formula is C100H144N24O16S4. The average molecular weight is 2100 g/mol. The highest BCUT2D eigenvalue weighted by Crippen LogP contribution is 2.38. The molecule has 44 heteroatoms. The smallest absolute Gasteiger partial charge is 0.277 e. The van der Waals surface area contributed by atoms with Crippen LogP contribution in [0.1, 0.15) is 253 Å². The van der Waals surface area contributed by atoms with Crippen molar-refractivity contribution in [2.75, 3.05) is 107 Å². The van der Waals surface area contributed by atoms with Gasteiger partial charge in [0.25, 0.3) is 22.2 Å². The van der Waals surface area contributed by atoms with Crippen LogP contribution < -0.4 is 60.1 Å². The molecule has 6 unspecified atom stereocenters. The number of aromatic amines is 4. The second-order valence-electron chi connectivity index (χ2n) is 34.2. The van der Waals surface area contributed by atoms with Crippen LogP contribution >= 0.6 is 0 Å². The molecule has 4 aliphatic rings. The van der Waals surface area contributed by atoms with E-state index >= 15 is 0 Å². The van der Waals surface area contributed by atoms with Gasteiger partial charge in [0.2, 0.25) is 40.1 Å². The lowest BCUT2D eigenvalue weighted by molar-refractivity contribution is 0.297. The number of benzene rings is 4. The lowest BCUT2D eigenvalue weighted by Crippen LogP contribution is -2.31. The van der Waals surface area contributed by atoms with Crippen molar-refractivity contribution >= 4 is 84.2 Å². The van der Waals surface area contributed by atoms with Crippen molar-refractivity contribution in [3.05, 3.63) is 137 Å². The SMILES string of the molecule is [2H]C(CC1CCCN1C([2H])([2H])[2H])NS(=O)(=O)c1ccc(OCCC)c(-c2nc3c(C([2H])([2H])C([2H])([2H])C)nn(C)c3c(=O)[nH]2)c1.[2H]C(CC1CCCN1C([2H])([2H])[2H])NS(=O)(=O)c1ccc(OCCC)c(-c2nc3c(CC([2H])([2H])C)nn(C([2H])([2H])[2H])c3c(=O)[nH]2)c1.[2H]C([2H])(C)Cc1nn(C([2H])([2H])[2H])c2c(=O)[nH]c(-c3cc(S(=O)(=O)NCCC4CCCN4C([2H])([2H])[2H])ccc3OCCC)nc12.[2H]C([2H])(CC1CCCN1C([2H])([2H])[2H])NS(=O)(=O)c1ccc(OCCC)c(-c2nc3c(C([2H])([2H])C([2H])([2H])C)nn(C)c3c(=O)[nH]2)c1. The fourth-order valence-corrected chi connectivity index (χ4v) is 20.6. The van der Waals surface area contributed by atoms with E-state index in [1.165, 1.54) is 114 Å². The molecule has 0 saturated carbocycles. The van der Waals surface area contributed by atoms with E-state index in [1.807, 2.05) is 32.4 Å². The third kappa shape index (κ3) is 26.5. The van der Waals surface area contributed by atoms with E-state index < -0.39 is 208 Å². The Hall–Kier alpha value is -11.0. The minimum atomic E-state index is -4.57. The minimum absolute atomic E-state index is 0.000720. The van der Waals surface area contributed by atoms with E-state index in [0.717, 1.165) is 29.3 Å². The fraction of sp³-hybridized carbons (Fsp3) is 0.560. The molecule has 4 saturated heterocycles. The van der Waals surface area contributed by atoms with Gasteiger partial charge in [-0.3, -0.25) is 37.9 Å². The van der Waals surface area contributed by atoms with Crippen LogP contribution in [0.5, 0.6) is 23.0 Å². The summed E-state index contributed by atoms with van der Waals surface area (Å²) in [5, 5.41) is 16.1. The Morgan fingerprint density at radius 3 is 0.944 bits per heavy atom. The number of hydrogen-bond donors (Lipinski definition) is 8. The highest BCUT2D eigenvalue weighted by molar-refractivity contribution is 7.90. The first-order chi connectivity index (χ1) is 81.9. The van der Waals surface area contributed by atoms with E-state index in [9.17, 15) is 52.8 Å². The summed E-state index contributed by atoms with van der Waals surface area (Å²) in [6.45, 7) is -5.97. The summed E-state index contributed by atoms with van der Waals surface area (Å²) >= 11 is 0. The Morgan fingerprint density at radius 2 is 0.646 bits per heavy atom. The van der Waals surface area contributed by atoms with E-state index in [1.54, 1.807) is 0 Å². The molecule has 8 aromatic heterocycles. The van der Waals surface area contributed by atoms with Crippen LogP contribution in [0.15, 0.2) is 112 Å². The second-order valence-corrected chi connectivity index (χ2v) is 41.1. The average Bonchev–Trinajstić information content (AvgIpc) is 1.58. The largest absolute Gasteiger partial charge is 0.493 e. The second kappa shape index (κ2) is 49.9. The summed E-state index contributed by atoms with van der Waals surface area (Å²) in [5.74, 6) is 0.0230. The van der Waals surface area contributed by atoms with Gasteiger partial charge in [0.05, 0.1) is 91.0 Å². The zero-order valence-electron chi connectivity index (χ0n) is 115. The highest BCUT2D eigenvalue weighted by atomic mass is 32.2. The van der Waals surface area contributed by atoms with Gasteiger partial charge in [-0.1, -0.05) is 80.9 Å². The molecule has 12 heterocycles. The summed E-state index contributed by atoms with van der Waals surface area (Å²) in [4.78, 5) is 84.9. The molecule has 0 bridgehead atoms. The van der Waals surface area contributed by atoms with Gasteiger partial charge in [0.1, 0.15) is 68.4 Å². The lowest BCUT2D eigenvalue weighted by atomic mass is 10.1. The first-order valence-corrected chi connectivity index (χ1v) is 52.9. The number of H-pyrrole nitrogens is 4.